The van der Waals surface area contributed by atoms with Crippen LogP contribution in [0.4, 0.5) is 0 Å². The number of rotatable bonds is 13. The van der Waals surface area contributed by atoms with Crippen molar-refractivity contribution in [2.45, 2.75) is 77.2 Å². The van der Waals surface area contributed by atoms with E-state index in [2.05, 4.69) is 79.1 Å². The van der Waals surface area contributed by atoms with Gasteiger partial charge in [-0.3, -0.25) is 9.69 Å². The Balaban J connectivity index is 1.43. The average molecular weight is 432 g/mol. The highest BCUT2D eigenvalue weighted by Crippen LogP contribution is 2.33. The van der Waals surface area contributed by atoms with Gasteiger partial charge in [0.05, 0.1) is 6.04 Å². The van der Waals surface area contributed by atoms with Crippen LogP contribution < -0.4 is 0 Å². The average Bonchev–Trinajstić information content (AvgIpc) is 2.85. The van der Waals surface area contributed by atoms with Crippen molar-refractivity contribution in [3.63, 3.8) is 0 Å². The lowest BCUT2D eigenvalue weighted by Crippen LogP contribution is -2.39. The number of Topliss-reactive ketones (excluding diaryl/α,β-unsaturated/α-hetero) is 1. The Labute approximate surface area is 195 Å². The van der Waals surface area contributed by atoms with Gasteiger partial charge in [-0.15, -0.1) is 0 Å². The molecular weight excluding hydrogens is 390 g/mol. The first kappa shape index (κ1) is 24.5. The van der Waals surface area contributed by atoms with Crippen molar-refractivity contribution in [3.05, 3.63) is 83.9 Å². The molecule has 3 rings (SSSR count). The Morgan fingerprint density at radius 2 is 1.34 bits per heavy atom. The number of piperidine rings is 1. The first-order chi connectivity index (χ1) is 15.7. The summed E-state index contributed by atoms with van der Waals surface area (Å²) >= 11 is 0. The van der Waals surface area contributed by atoms with E-state index in [0.717, 1.165) is 45.2 Å². The summed E-state index contributed by atoms with van der Waals surface area (Å²) in [4.78, 5) is 15.4. The molecule has 0 spiro atoms. The van der Waals surface area contributed by atoms with Gasteiger partial charge in [-0.05, 0) is 62.7 Å². The van der Waals surface area contributed by atoms with Crippen LogP contribution in [0.1, 0.15) is 88.3 Å². The Hall–Kier alpha value is -2.19. The molecular formula is C30H41NO. The molecule has 0 bridgehead atoms. The van der Waals surface area contributed by atoms with E-state index in [1.807, 2.05) is 0 Å². The second-order valence-corrected chi connectivity index (χ2v) is 9.37. The van der Waals surface area contributed by atoms with Crippen LogP contribution in [0.5, 0.6) is 0 Å². The van der Waals surface area contributed by atoms with Gasteiger partial charge in [0, 0.05) is 12.3 Å². The third-order valence-electron chi connectivity index (χ3n) is 7.03. The van der Waals surface area contributed by atoms with Crippen molar-refractivity contribution in [1.82, 2.24) is 4.90 Å². The molecule has 1 aliphatic heterocycles. The van der Waals surface area contributed by atoms with E-state index in [1.165, 1.54) is 48.8 Å². The van der Waals surface area contributed by atoms with Gasteiger partial charge < -0.3 is 0 Å². The molecule has 0 N–H and O–H groups in total. The largest absolute Gasteiger partial charge is 0.299 e. The summed E-state index contributed by atoms with van der Waals surface area (Å²) in [5.74, 6) is 0.756. The number of allylic oxidation sites excluding steroid dienone is 1. The highest BCUT2D eigenvalue weighted by molar-refractivity contribution is 5.81. The maximum Gasteiger partial charge on any atom is 0.136 e. The molecule has 0 amide bonds. The van der Waals surface area contributed by atoms with Crippen molar-refractivity contribution < 1.29 is 4.79 Å². The number of nitrogens with zero attached hydrogens (tertiary/aromatic N) is 1. The fourth-order valence-corrected chi connectivity index (χ4v) is 4.95. The summed E-state index contributed by atoms with van der Waals surface area (Å²) in [7, 11) is 0. The first-order valence-electron chi connectivity index (χ1n) is 12.7. The van der Waals surface area contributed by atoms with Gasteiger partial charge in [0.2, 0.25) is 0 Å². The highest BCUT2D eigenvalue weighted by atomic mass is 16.1. The van der Waals surface area contributed by atoms with Crippen LogP contribution in [0.25, 0.3) is 0 Å². The summed E-state index contributed by atoms with van der Waals surface area (Å²) in [6.07, 6.45) is 11.0. The van der Waals surface area contributed by atoms with E-state index in [0.29, 0.717) is 5.78 Å². The molecule has 1 heterocycles. The SMILES string of the molecule is C=C(CC)CCCCCCCC(=O)C1CCN(C(c2ccccc2)c2ccccc2)CC1. The predicted molar refractivity (Wildman–Crippen MR) is 136 cm³/mol. The van der Waals surface area contributed by atoms with Crippen molar-refractivity contribution in [1.29, 1.82) is 0 Å². The Kier molecular flexibility index (Phi) is 10.2. The molecule has 0 atom stereocenters. The third-order valence-corrected chi connectivity index (χ3v) is 7.03. The molecule has 32 heavy (non-hydrogen) atoms. The molecule has 2 aromatic rings. The molecule has 0 unspecified atom stereocenters. The molecule has 0 aliphatic carbocycles. The standard InChI is InChI=1S/C30H41NO/c1-3-25(2)15-9-5-4-6-14-20-29(32)26-21-23-31(24-22-26)30(27-16-10-7-11-17-27)28-18-12-8-13-19-28/h7-8,10-13,16-19,26,30H,2-6,9,14-15,20-24H2,1H3. The number of carbonyl (C=O) groups excluding carboxylic acids is 1. The molecule has 2 aromatic carbocycles. The van der Waals surface area contributed by atoms with Crippen molar-refractivity contribution in [2.24, 2.45) is 5.92 Å². The van der Waals surface area contributed by atoms with E-state index in [1.54, 1.807) is 0 Å². The van der Waals surface area contributed by atoms with Gasteiger partial charge in [-0.25, -0.2) is 0 Å². The number of ketones is 1. The zero-order chi connectivity index (χ0) is 22.6. The second kappa shape index (κ2) is 13.4. The van der Waals surface area contributed by atoms with Gasteiger partial charge >= 0.3 is 0 Å². The van der Waals surface area contributed by atoms with Crippen molar-refractivity contribution >= 4 is 5.78 Å². The number of benzene rings is 2. The quantitative estimate of drug-likeness (QED) is 0.239. The molecule has 172 valence electrons. The Morgan fingerprint density at radius 1 is 0.844 bits per heavy atom. The molecule has 0 saturated carbocycles. The summed E-state index contributed by atoms with van der Waals surface area (Å²) in [5.41, 5.74) is 4.05. The number of hydrogen-bond acceptors (Lipinski definition) is 2. The van der Waals surface area contributed by atoms with Crippen LogP contribution in [0.2, 0.25) is 0 Å². The summed E-state index contributed by atoms with van der Waals surface area (Å²) in [6, 6.07) is 21.9. The monoisotopic (exact) mass is 431 g/mol. The number of hydrogen-bond donors (Lipinski definition) is 0. The summed E-state index contributed by atoms with van der Waals surface area (Å²) in [6.45, 7) is 8.25. The smallest absolute Gasteiger partial charge is 0.136 e. The lowest BCUT2D eigenvalue weighted by molar-refractivity contribution is -0.124. The van der Waals surface area contributed by atoms with E-state index in [4.69, 9.17) is 0 Å². The van der Waals surface area contributed by atoms with E-state index in [-0.39, 0.29) is 12.0 Å². The minimum absolute atomic E-state index is 0.256. The first-order valence-corrected chi connectivity index (χ1v) is 12.7. The molecule has 0 aromatic heterocycles. The van der Waals surface area contributed by atoms with Gasteiger partial charge in [0.1, 0.15) is 5.78 Å². The summed E-state index contributed by atoms with van der Waals surface area (Å²) < 4.78 is 0. The third kappa shape index (κ3) is 7.45. The van der Waals surface area contributed by atoms with E-state index < -0.39 is 0 Å². The lowest BCUT2D eigenvalue weighted by Gasteiger charge is -2.37. The van der Waals surface area contributed by atoms with E-state index >= 15 is 0 Å². The molecule has 0 radical (unpaired) electrons. The maximum atomic E-state index is 12.8. The van der Waals surface area contributed by atoms with Crippen LogP contribution in [-0.4, -0.2) is 23.8 Å². The molecule has 1 aliphatic rings. The molecule has 1 saturated heterocycles. The van der Waals surface area contributed by atoms with Crippen LogP contribution in [0.15, 0.2) is 72.8 Å². The fraction of sp³-hybridized carbons (Fsp3) is 0.500. The zero-order valence-electron chi connectivity index (χ0n) is 20.0. The second-order valence-electron chi connectivity index (χ2n) is 9.37. The van der Waals surface area contributed by atoms with Crippen LogP contribution in [0.3, 0.4) is 0 Å². The molecule has 1 fully saturated rings. The van der Waals surface area contributed by atoms with Crippen molar-refractivity contribution in [2.75, 3.05) is 13.1 Å². The van der Waals surface area contributed by atoms with E-state index in [9.17, 15) is 4.79 Å². The van der Waals surface area contributed by atoms with Gasteiger partial charge in [0.15, 0.2) is 0 Å². The molecule has 2 heteroatoms. The number of carbonyl (C=O) groups is 1. The molecule has 2 nitrogen and oxygen atoms in total. The normalized spacial score (nSPS) is 15.2. The minimum atomic E-state index is 0.256. The van der Waals surface area contributed by atoms with Crippen molar-refractivity contribution in [3.8, 4) is 0 Å². The highest BCUT2D eigenvalue weighted by Gasteiger charge is 2.29. The lowest BCUT2D eigenvalue weighted by atomic mass is 9.87. The Bertz CT molecular complexity index is 766. The topological polar surface area (TPSA) is 20.3 Å². The number of unbranched alkanes of at least 4 members (excludes halogenated alkanes) is 4. The van der Waals surface area contributed by atoms with Gasteiger partial charge in [0.25, 0.3) is 0 Å². The van der Waals surface area contributed by atoms with Gasteiger partial charge in [-0.1, -0.05) is 99.0 Å². The van der Waals surface area contributed by atoms with Gasteiger partial charge in [-0.2, -0.15) is 0 Å². The number of likely N-dealkylation sites (tertiary alicyclic amines) is 1. The fourth-order valence-electron chi connectivity index (χ4n) is 4.95. The summed E-state index contributed by atoms with van der Waals surface area (Å²) in [5, 5.41) is 0. The van der Waals surface area contributed by atoms with Crippen LogP contribution in [0, 0.1) is 5.92 Å². The minimum Gasteiger partial charge on any atom is -0.299 e. The Morgan fingerprint density at radius 3 is 1.88 bits per heavy atom. The van der Waals surface area contributed by atoms with Crippen LogP contribution >= 0.6 is 0 Å². The predicted octanol–water partition coefficient (Wildman–Crippen LogP) is 7.75. The zero-order valence-corrected chi connectivity index (χ0v) is 20.0. The maximum absolute atomic E-state index is 12.8. The van der Waals surface area contributed by atoms with Crippen LogP contribution in [-0.2, 0) is 4.79 Å².